The number of hydrogen-bond acceptors (Lipinski definition) is 6. The Bertz CT molecular complexity index is 1030. The van der Waals surface area contributed by atoms with Crippen LogP contribution in [0.4, 0.5) is 0 Å². The maximum Gasteiger partial charge on any atom is 0.307 e. The van der Waals surface area contributed by atoms with Gasteiger partial charge in [0.1, 0.15) is 6.54 Å². The quantitative estimate of drug-likeness (QED) is 0.657. The van der Waals surface area contributed by atoms with Gasteiger partial charge in [0.2, 0.25) is 5.91 Å². The van der Waals surface area contributed by atoms with E-state index < -0.39 is 17.9 Å². The predicted molar refractivity (Wildman–Crippen MR) is 103 cm³/mol. The van der Waals surface area contributed by atoms with Crippen molar-refractivity contribution >= 4 is 34.0 Å². The van der Waals surface area contributed by atoms with Crippen LogP contribution in [0.1, 0.15) is 23.0 Å². The highest BCUT2D eigenvalue weighted by Gasteiger charge is 2.20. The number of hydrogen-bond donors (Lipinski definition) is 1. The zero-order chi connectivity index (χ0) is 19.4. The largest absolute Gasteiger partial charge is 0.469 e. The molecule has 0 spiro atoms. The summed E-state index contributed by atoms with van der Waals surface area (Å²) in [6.45, 7) is 1.56. The van der Waals surface area contributed by atoms with E-state index >= 15 is 0 Å². The lowest BCUT2D eigenvalue weighted by atomic mass is 10.1. The van der Waals surface area contributed by atoms with Crippen LogP contribution >= 0.6 is 11.3 Å². The van der Waals surface area contributed by atoms with Gasteiger partial charge < -0.3 is 10.1 Å². The molecule has 1 N–H and O–H groups in total. The van der Waals surface area contributed by atoms with E-state index in [1.807, 2.05) is 29.6 Å². The van der Waals surface area contributed by atoms with E-state index in [1.54, 1.807) is 19.1 Å². The third kappa shape index (κ3) is 4.22. The summed E-state index contributed by atoms with van der Waals surface area (Å²) in [4.78, 5) is 37.6. The van der Waals surface area contributed by atoms with E-state index in [0.717, 1.165) is 14.9 Å². The first-order valence-corrected chi connectivity index (χ1v) is 9.23. The van der Waals surface area contributed by atoms with E-state index in [2.05, 4.69) is 10.4 Å². The van der Waals surface area contributed by atoms with Gasteiger partial charge in [-0.2, -0.15) is 5.10 Å². The van der Waals surface area contributed by atoms with Crippen molar-refractivity contribution in [2.24, 2.45) is 0 Å². The summed E-state index contributed by atoms with van der Waals surface area (Å²) >= 11 is 1.43. The molecular weight excluding hydrogens is 366 g/mol. The molecule has 2 heterocycles. The van der Waals surface area contributed by atoms with Gasteiger partial charge in [0.05, 0.1) is 30.7 Å². The van der Waals surface area contributed by atoms with Gasteiger partial charge in [-0.15, -0.1) is 11.3 Å². The Kier molecular flexibility index (Phi) is 5.66. The fourth-order valence-corrected chi connectivity index (χ4v) is 3.63. The molecule has 0 aliphatic heterocycles. The van der Waals surface area contributed by atoms with Crippen molar-refractivity contribution < 1.29 is 14.3 Å². The van der Waals surface area contributed by atoms with Gasteiger partial charge in [0, 0.05) is 10.3 Å². The summed E-state index contributed by atoms with van der Waals surface area (Å²) in [5.41, 5.74) is 0.342. The highest BCUT2D eigenvalue weighted by Crippen LogP contribution is 2.22. The van der Waals surface area contributed by atoms with Crippen LogP contribution in [0.15, 0.2) is 46.6 Å². The summed E-state index contributed by atoms with van der Waals surface area (Å²) in [5.74, 6) is -0.827. The second kappa shape index (κ2) is 8.13. The van der Waals surface area contributed by atoms with E-state index in [4.69, 9.17) is 4.74 Å². The maximum atomic E-state index is 12.6. The van der Waals surface area contributed by atoms with Gasteiger partial charge in [-0.3, -0.25) is 14.4 Å². The number of carbonyl (C=O) groups excluding carboxylic acids is 2. The summed E-state index contributed by atoms with van der Waals surface area (Å²) in [6.07, 6.45) is 0.0157. The minimum atomic E-state index is -0.512. The summed E-state index contributed by atoms with van der Waals surface area (Å²) in [6, 6.07) is 10.3. The summed E-state index contributed by atoms with van der Waals surface area (Å²) in [5, 5.41) is 10.2. The Morgan fingerprint density at radius 2 is 1.96 bits per heavy atom. The molecule has 0 radical (unpaired) electrons. The van der Waals surface area contributed by atoms with Crippen molar-refractivity contribution in [3.8, 4) is 0 Å². The van der Waals surface area contributed by atoms with Gasteiger partial charge in [0.15, 0.2) is 0 Å². The number of amides is 1. The number of rotatable bonds is 6. The molecular formula is C19H19N3O4S. The normalized spacial score (nSPS) is 11.9. The Morgan fingerprint density at radius 3 is 2.63 bits per heavy atom. The summed E-state index contributed by atoms with van der Waals surface area (Å²) in [7, 11) is 1.30. The molecule has 1 amide bonds. The van der Waals surface area contributed by atoms with Gasteiger partial charge in [-0.05, 0) is 24.4 Å². The van der Waals surface area contributed by atoms with Crippen molar-refractivity contribution in [1.29, 1.82) is 0 Å². The van der Waals surface area contributed by atoms with E-state index in [-0.39, 0.29) is 18.5 Å². The number of carbonyl (C=O) groups is 2. The van der Waals surface area contributed by atoms with E-state index in [1.165, 1.54) is 18.4 Å². The molecule has 3 rings (SSSR count). The lowest BCUT2D eigenvalue weighted by molar-refractivity contribution is -0.141. The number of nitrogens with one attached hydrogen (secondary N) is 1. The van der Waals surface area contributed by atoms with Crippen LogP contribution in [-0.4, -0.2) is 28.8 Å². The van der Waals surface area contributed by atoms with Crippen LogP contribution in [0.2, 0.25) is 0 Å². The first kappa shape index (κ1) is 18.8. The molecule has 0 saturated heterocycles. The molecule has 3 aromatic rings. The molecule has 7 nitrogen and oxygen atoms in total. The van der Waals surface area contributed by atoms with Crippen LogP contribution in [0.25, 0.3) is 10.8 Å². The number of aryl methyl sites for hydroxylation is 1. The zero-order valence-electron chi connectivity index (χ0n) is 15.0. The number of aromatic nitrogens is 2. The SMILES string of the molecule is COC(=O)C[C@H](NC(=O)Cn1nc(C)c2ccccc2c1=O)c1cccs1. The Labute approximate surface area is 159 Å². The molecule has 0 fully saturated rings. The number of benzene rings is 1. The molecule has 0 unspecified atom stereocenters. The fraction of sp³-hybridized carbons (Fsp3) is 0.263. The molecule has 8 heteroatoms. The topological polar surface area (TPSA) is 90.3 Å². The van der Waals surface area contributed by atoms with Crippen molar-refractivity contribution in [2.75, 3.05) is 7.11 Å². The second-order valence-corrected chi connectivity index (χ2v) is 6.99. The standard InChI is InChI=1S/C19H19N3O4S/c1-12-13-6-3-4-7-14(13)19(25)22(21-12)11-17(23)20-15(10-18(24)26-2)16-8-5-9-27-16/h3-9,15H,10-11H2,1-2H3,(H,20,23)/t15-/m0/s1. The molecule has 0 bridgehead atoms. The van der Waals surface area contributed by atoms with Crippen LogP contribution in [0, 0.1) is 6.92 Å². The molecule has 140 valence electrons. The minimum Gasteiger partial charge on any atom is -0.469 e. The zero-order valence-corrected chi connectivity index (χ0v) is 15.8. The number of esters is 1. The fourth-order valence-electron chi connectivity index (χ4n) is 2.85. The number of methoxy groups -OCH3 is 1. The minimum absolute atomic E-state index is 0.0157. The third-order valence-electron chi connectivity index (χ3n) is 4.17. The van der Waals surface area contributed by atoms with E-state index in [9.17, 15) is 14.4 Å². The van der Waals surface area contributed by atoms with Crippen molar-refractivity contribution in [3.63, 3.8) is 0 Å². The lowest BCUT2D eigenvalue weighted by Gasteiger charge is -2.17. The first-order chi connectivity index (χ1) is 13.0. The van der Waals surface area contributed by atoms with Crippen molar-refractivity contribution in [1.82, 2.24) is 15.1 Å². The molecule has 0 aliphatic rings. The lowest BCUT2D eigenvalue weighted by Crippen LogP contribution is -2.36. The monoisotopic (exact) mass is 385 g/mol. The van der Waals surface area contributed by atoms with E-state index in [0.29, 0.717) is 11.1 Å². The third-order valence-corrected chi connectivity index (χ3v) is 5.15. The summed E-state index contributed by atoms with van der Waals surface area (Å²) < 4.78 is 5.86. The average molecular weight is 385 g/mol. The second-order valence-electron chi connectivity index (χ2n) is 6.01. The van der Waals surface area contributed by atoms with Crippen LogP contribution < -0.4 is 10.9 Å². The molecule has 0 saturated carbocycles. The molecule has 0 aliphatic carbocycles. The highest BCUT2D eigenvalue weighted by atomic mass is 32.1. The molecule has 1 aromatic carbocycles. The predicted octanol–water partition coefficient (Wildman–Crippen LogP) is 2.19. The number of nitrogens with zero attached hydrogens (tertiary/aromatic N) is 2. The van der Waals surface area contributed by atoms with Crippen molar-refractivity contribution in [2.45, 2.75) is 25.9 Å². The van der Waals surface area contributed by atoms with Crippen LogP contribution in [0.5, 0.6) is 0 Å². The smallest absolute Gasteiger partial charge is 0.307 e. The maximum absolute atomic E-state index is 12.6. The Balaban J connectivity index is 1.82. The molecule has 2 aromatic heterocycles. The van der Waals surface area contributed by atoms with Gasteiger partial charge in [-0.25, -0.2) is 4.68 Å². The van der Waals surface area contributed by atoms with Crippen LogP contribution in [0.3, 0.4) is 0 Å². The number of ether oxygens (including phenoxy) is 1. The van der Waals surface area contributed by atoms with Gasteiger partial charge in [-0.1, -0.05) is 24.3 Å². The van der Waals surface area contributed by atoms with Gasteiger partial charge in [0.25, 0.3) is 5.56 Å². The van der Waals surface area contributed by atoms with Gasteiger partial charge >= 0.3 is 5.97 Å². The van der Waals surface area contributed by atoms with Crippen molar-refractivity contribution in [3.05, 3.63) is 62.7 Å². The Morgan fingerprint density at radius 1 is 1.22 bits per heavy atom. The molecule has 1 atom stereocenters. The average Bonchev–Trinajstić information content (AvgIpc) is 3.20. The Hall–Kier alpha value is -3.00. The first-order valence-electron chi connectivity index (χ1n) is 8.35. The number of thiophene rings is 1. The molecule has 27 heavy (non-hydrogen) atoms. The van der Waals surface area contributed by atoms with Crippen LogP contribution in [-0.2, 0) is 20.9 Å². The number of fused-ring (bicyclic) bond motifs is 1. The highest BCUT2D eigenvalue weighted by molar-refractivity contribution is 7.10.